The third-order valence-corrected chi connectivity index (χ3v) is 0.913. The summed E-state index contributed by atoms with van der Waals surface area (Å²) in [5.74, 6) is -2.42. The third-order valence-electron chi connectivity index (χ3n) is 0.811. The van der Waals surface area contributed by atoms with Crippen molar-refractivity contribution in [2.75, 3.05) is 0 Å². The molecule has 0 bridgehead atoms. The van der Waals surface area contributed by atoms with E-state index >= 15 is 0 Å². The lowest BCUT2D eigenvalue weighted by atomic mass is 10.3. The molecule has 8 N–H and O–H groups in total. The van der Waals surface area contributed by atoms with E-state index < -0.39 is 18.4 Å². The van der Waals surface area contributed by atoms with E-state index in [-0.39, 0.29) is 17.5 Å². The molecule has 0 saturated carbocycles. The van der Waals surface area contributed by atoms with Crippen LogP contribution in [0.25, 0.3) is 0 Å². The number of carboxylic acid groups (broad SMARTS) is 2. The molecule has 0 radical (unpaired) electrons. The average Bonchev–Trinajstić information content (AvgIpc) is 1.99. The fourth-order valence-electron chi connectivity index (χ4n) is 0.351. The molecular weight excluding hydrogens is 224 g/mol. The maximum absolute atomic E-state index is 9.61. The molecule has 0 aliphatic heterocycles. The van der Waals surface area contributed by atoms with Crippen LogP contribution >= 0.6 is 12.2 Å². The van der Waals surface area contributed by atoms with Gasteiger partial charge in [-0.2, -0.15) is 0 Å². The predicted octanol–water partition coefficient (Wildman–Crippen LogP) is -4.81. The standard InChI is InChI=1S/C4H6O4.C2H6N4S/c5-3(6)1-2-4(7)8;3-1(4)6-2(5)7/h1-2H2,(H,5,6)(H,7,8);(H6,3,4,5,6,7). The van der Waals surface area contributed by atoms with Crippen molar-refractivity contribution in [1.29, 1.82) is 0 Å². The zero-order chi connectivity index (χ0) is 12.4. The van der Waals surface area contributed by atoms with Gasteiger partial charge in [0, 0.05) is 5.97 Å². The summed E-state index contributed by atoms with van der Waals surface area (Å²) in [7, 11) is 0. The summed E-state index contributed by atoms with van der Waals surface area (Å²) in [5, 5.41) is 17.5. The lowest BCUT2D eigenvalue weighted by Gasteiger charge is -1.94. The summed E-state index contributed by atoms with van der Waals surface area (Å²) in [6.45, 7) is 0. The van der Waals surface area contributed by atoms with Crippen LogP contribution in [0.2, 0.25) is 0 Å². The molecule has 0 saturated heterocycles. The van der Waals surface area contributed by atoms with Crippen LogP contribution in [0.1, 0.15) is 12.8 Å². The van der Waals surface area contributed by atoms with E-state index in [9.17, 15) is 14.7 Å². The number of carbonyl (C=O) groups is 2. The van der Waals surface area contributed by atoms with Gasteiger partial charge in [-0.25, -0.2) is 4.99 Å². The van der Waals surface area contributed by atoms with Gasteiger partial charge in [0.15, 0.2) is 0 Å². The van der Waals surface area contributed by atoms with Crippen molar-refractivity contribution < 1.29 is 24.8 Å². The molecule has 0 amide bonds. The second-order valence-electron chi connectivity index (χ2n) is 2.21. The van der Waals surface area contributed by atoms with Crippen LogP contribution in [0, 0.1) is 0 Å². The van der Waals surface area contributed by atoms with Crippen LogP contribution in [-0.2, 0) is 9.59 Å². The Bertz CT molecular complexity index is 260. The largest absolute Gasteiger partial charge is 0.550 e. The summed E-state index contributed by atoms with van der Waals surface area (Å²) in [5.41, 5.74) is 14.8. The van der Waals surface area contributed by atoms with Crippen LogP contribution in [0.15, 0.2) is 0 Å². The van der Waals surface area contributed by atoms with Gasteiger partial charge in [0.05, 0.1) is 6.42 Å². The molecule has 0 aliphatic carbocycles. The van der Waals surface area contributed by atoms with Crippen LogP contribution in [0.3, 0.4) is 0 Å². The van der Waals surface area contributed by atoms with Gasteiger partial charge in [0.25, 0.3) is 5.11 Å². The quantitative estimate of drug-likeness (QED) is 0.184. The van der Waals surface area contributed by atoms with Gasteiger partial charge in [0.2, 0.25) is 0 Å². The Morgan fingerprint density at radius 1 is 1.27 bits per heavy atom. The van der Waals surface area contributed by atoms with E-state index in [2.05, 4.69) is 17.2 Å². The van der Waals surface area contributed by atoms with Gasteiger partial charge in [-0.15, -0.1) is 0 Å². The van der Waals surface area contributed by atoms with Gasteiger partial charge in [-0.05, 0) is 18.6 Å². The molecule has 0 atom stereocenters. The Hall–Kier alpha value is -1.90. The Kier molecular flexibility index (Phi) is 9.02. The number of rotatable bonds is 3. The second kappa shape index (κ2) is 8.69. The molecule has 0 fully saturated rings. The highest BCUT2D eigenvalue weighted by Crippen LogP contribution is 1.83. The Balaban J connectivity index is 0. The normalized spacial score (nSPS) is 8.00. The molecule has 9 heteroatoms. The van der Waals surface area contributed by atoms with Crippen molar-refractivity contribution in [3.8, 4) is 0 Å². The van der Waals surface area contributed by atoms with Crippen molar-refractivity contribution in [2.45, 2.75) is 12.8 Å². The number of nitrogens with one attached hydrogen (secondary N) is 1. The first kappa shape index (κ1) is 15.6. The van der Waals surface area contributed by atoms with Crippen molar-refractivity contribution in [3.05, 3.63) is 0 Å². The third kappa shape index (κ3) is 24.5. The van der Waals surface area contributed by atoms with E-state index in [0.717, 1.165) is 0 Å². The lowest BCUT2D eigenvalue weighted by Crippen LogP contribution is -2.83. The van der Waals surface area contributed by atoms with Gasteiger partial charge < -0.3 is 32.2 Å². The molecule has 0 aromatic carbocycles. The number of carboxylic acids is 2. The minimum Gasteiger partial charge on any atom is -0.550 e. The van der Waals surface area contributed by atoms with E-state index in [1.165, 1.54) is 0 Å². The minimum absolute atomic E-state index is 0.0208. The molecule has 0 aromatic heterocycles. The summed E-state index contributed by atoms with van der Waals surface area (Å²) in [6, 6.07) is 0. The maximum atomic E-state index is 9.61. The fourth-order valence-corrected chi connectivity index (χ4v) is 0.469. The average molecular weight is 236 g/mol. The summed E-state index contributed by atoms with van der Waals surface area (Å²) in [6.07, 6.45) is -0.766. The highest BCUT2D eigenvalue weighted by atomic mass is 32.1. The second-order valence-corrected chi connectivity index (χ2v) is 2.65. The zero-order valence-electron chi connectivity index (χ0n) is 7.73. The molecule has 86 valence electrons. The highest BCUT2D eigenvalue weighted by molar-refractivity contribution is 7.79. The number of hydrogen-bond donors (Lipinski definition) is 5. The Morgan fingerprint density at radius 2 is 1.73 bits per heavy atom. The van der Waals surface area contributed by atoms with Crippen molar-refractivity contribution >= 4 is 35.2 Å². The molecule has 0 unspecified atom stereocenters. The first-order valence-electron chi connectivity index (χ1n) is 3.61. The Morgan fingerprint density at radius 3 is 1.80 bits per heavy atom. The van der Waals surface area contributed by atoms with Crippen LogP contribution in [0.5, 0.6) is 0 Å². The van der Waals surface area contributed by atoms with Crippen molar-refractivity contribution in [1.82, 2.24) is 0 Å². The molecule has 15 heavy (non-hydrogen) atoms. The molecule has 8 nitrogen and oxygen atoms in total. The maximum Gasteiger partial charge on any atom is 0.303 e. The molecule has 0 spiro atoms. The van der Waals surface area contributed by atoms with Crippen LogP contribution in [0.4, 0.5) is 0 Å². The SMILES string of the molecule is NC(=S)[NH+]=C(N)N.O=C([O-])CCC(=O)O. The molecule has 0 aromatic rings. The first-order valence-corrected chi connectivity index (χ1v) is 4.02. The smallest absolute Gasteiger partial charge is 0.303 e. The summed E-state index contributed by atoms with van der Waals surface area (Å²) < 4.78 is 0. The monoisotopic (exact) mass is 236 g/mol. The minimum atomic E-state index is -1.33. The van der Waals surface area contributed by atoms with Crippen molar-refractivity contribution in [3.63, 3.8) is 0 Å². The molecule has 0 aliphatic rings. The summed E-state index contributed by atoms with van der Waals surface area (Å²) >= 11 is 4.36. The first-order chi connectivity index (χ1) is 6.75. The van der Waals surface area contributed by atoms with Crippen molar-refractivity contribution in [2.24, 2.45) is 17.2 Å². The van der Waals surface area contributed by atoms with E-state index in [1.54, 1.807) is 0 Å². The summed E-state index contributed by atoms with van der Waals surface area (Å²) in [4.78, 5) is 21.4. The number of carbonyl (C=O) groups excluding carboxylic acids is 1. The van der Waals surface area contributed by atoms with Crippen LogP contribution in [-0.4, -0.2) is 28.1 Å². The topological polar surface area (TPSA) is 169 Å². The molecule has 0 heterocycles. The zero-order valence-corrected chi connectivity index (χ0v) is 8.54. The highest BCUT2D eigenvalue weighted by Gasteiger charge is 1.94. The fraction of sp³-hybridized carbons (Fsp3) is 0.333. The number of thiocarbonyl (C=S) groups is 1. The van der Waals surface area contributed by atoms with Gasteiger partial charge in [0.1, 0.15) is 0 Å². The van der Waals surface area contributed by atoms with Gasteiger partial charge in [-0.3, -0.25) is 4.79 Å². The molecular formula is C6H12N4O4S. The Labute approximate surface area is 90.8 Å². The van der Waals surface area contributed by atoms with E-state index in [4.69, 9.17) is 22.3 Å². The van der Waals surface area contributed by atoms with E-state index in [0.29, 0.717) is 0 Å². The lowest BCUT2D eigenvalue weighted by molar-refractivity contribution is -0.315. The number of nitrogens with two attached hydrogens (primary N) is 3. The number of hydrogen-bond acceptors (Lipinski definition) is 4. The van der Waals surface area contributed by atoms with Gasteiger partial charge >= 0.3 is 11.9 Å². The van der Waals surface area contributed by atoms with Crippen LogP contribution < -0.4 is 27.3 Å². The molecule has 0 rings (SSSR count). The van der Waals surface area contributed by atoms with E-state index in [1.807, 2.05) is 0 Å². The van der Waals surface area contributed by atoms with Gasteiger partial charge in [-0.1, -0.05) is 0 Å². The number of aliphatic carboxylic acids is 2. The predicted molar refractivity (Wildman–Crippen MR) is 53.0 cm³/mol. The number of guanidine groups is 1.